The zero-order chi connectivity index (χ0) is 11.1. The van der Waals surface area contributed by atoms with E-state index in [4.69, 9.17) is 5.73 Å². The topological polar surface area (TPSA) is 51.8 Å². The van der Waals surface area contributed by atoms with Crippen LogP contribution >= 0.6 is 0 Å². The van der Waals surface area contributed by atoms with Crippen LogP contribution in [0.2, 0.25) is 0 Å². The number of aryl methyl sites for hydroxylation is 2. The van der Waals surface area contributed by atoms with Gasteiger partial charge < -0.3 is 5.73 Å². The van der Waals surface area contributed by atoms with Gasteiger partial charge in [-0.2, -0.15) is 0 Å². The minimum absolute atomic E-state index is 0.433. The smallest absolute Gasteiger partial charge is 0.148 e. The molecular formula is C12H19N3. The summed E-state index contributed by atoms with van der Waals surface area (Å²) in [5, 5.41) is 0. The van der Waals surface area contributed by atoms with Crippen LogP contribution in [0.3, 0.4) is 0 Å². The predicted molar refractivity (Wildman–Crippen MR) is 60.6 cm³/mol. The van der Waals surface area contributed by atoms with Crippen molar-refractivity contribution in [2.24, 2.45) is 5.73 Å². The summed E-state index contributed by atoms with van der Waals surface area (Å²) >= 11 is 0. The first kappa shape index (κ1) is 10.6. The third-order valence-corrected chi connectivity index (χ3v) is 2.97. The number of nitrogens with two attached hydrogens (primary N) is 1. The molecule has 0 fully saturated rings. The molecule has 1 aromatic heterocycles. The van der Waals surface area contributed by atoms with Crippen LogP contribution in [0.1, 0.15) is 49.5 Å². The van der Waals surface area contributed by atoms with E-state index in [-0.39, 0.29) is 0 Å². The summed E-state index contributed by atoms with van der Waals surface area (Å²) in [5.41, 5.74) is 9.30. The van der Waals surface area contributed by atoms with Crippen molar-refractivity contribution >= 4 is 0 Å². The van der Waals surface area contributed by atoms with Crippen molar-refractivity contribution in [3.8, 4) is 0 Å². The number of aromatic nitrogens is 2. The Kier molecular flexibility index (Phi) is 2.51. The lowest BCUT2D eigenvalue weighted by molar-refractivity contribution is 0.501. The molecule has 0 saturated heterocycles. The first-order valence-electron chi connectivity index (χ1n) is 5.64. The maximum absolute atomic E-state index is 6.03. The fourth-order valence-electron chi connectivity index (χ4n) is 2.07. The number of hydrogen-bond donors (Lipinski definition) is 1. The van der Waals surface area contributed by atoms with E-state index in [2.05, 4.69) is 16.9 Å². The van der Waals surface area contributed by atoms with Crippen LogP contribution in [0.4, 0.5) is 0 Å². The molecule has 82 valence electrons. The maximum Gasteiger partial charge on any atom is 0.148 e. The molecule has 0 saturated carbocycles. The molecule has 0 atom stereocenters. The van der Waals surface area contributed by atoms with Crippen LogP contribution in [0.5, 0.6) is 0 Å². The molecule has 0 unspecified atom stereocenters. The van der Waals surface area contributed by atoms with Crippen LogP contribution in [0.25, 0.3) is 0 Å². The molecule has 0 aromatic carbocycles. The summed E-state index contributed by atoms with van der Waals surface area (Å²) in [4.78, 5) is 9.13. The summed E-state index contributed by atoms with van der Waals surface area (Å²) in [6, 6.07) is 0. The van der Waals surface area contributed by atoms with Gasteiger partial charge in [-0.05, 0) is 52.0 Å². The fourth-order valence-corrected chi connectivity index (χ4v) is 2.07. The minimum Gasteiger partial charge on any atom is -0.319 e. The fraction of sp³-hybridized carbons (Fsp3) is 0.667. The van der Waals surface area contributed by atoms with Crippen LogP contribution in [-0.2, 0) is 18.4 Å². The molecule has 2 rings (SSSR count). The Morgan fingerprint density at radius 3 is 2.47 bits per heavy atom. The molecule has 0 spiro atoms. The predicted octanol–water partition coefficient (Wildman–Crippen LogP) is 1.86. The average molecular weight is 205 g/mol. The number of rotatable bonds is 1. The lowest BCUT2D eigenvalue weighted by atomic mass is 9.94. The summed E-state index contributed by atoms with van der Waals surface area (Å²) in [5.74, 6) is 0.778. The molecule has 0 amide bonds. The highest BCUT2D eigenvalue weighted by Gasteiger charge is 2.22. The van der Waals surface area contributed by atoms with Gasteiger partial charge in [0.25, 0.3) is 0 Å². The van der Waals surface area contributed by atoms with E-state index in [1.54, 1.807) is 0 Å². The van der Waals surface area contributed by atoms with Gasteiger partial charge in [0.2, 0.25) is 0 Å². The van der Waals surface area contributed by atoms with E-state index in [1.165, 1.54) is 24.1 Å². The van der Waals surface area contributed by atoms with Crippen molar-refractivity contribution in [3.05, 3.63) is 22.8 Å². The van der Waals surface area contributed by atoms with E-state index in [0.29, 0.717) is 0 Å². The SMILES string of the molecule is Cc1nc(C(C)(C)N)nc2c1CCCC2. The standard InChI is InChI=1S/C12H19N3/c1-8-9-6-4-5-7-10(9)15-11(14-8)12(2,3)13/h4-7,13H2,1-3H3. The quantitative estimate of drug-likeness (QED) is 0.761. The molecule has 0 bridgehead atoms. The van der Waals surface area contributed by atoms with E-state index in [0.717, 1.165) is 24.4 Å². The summed E-state index contributed by atoms with van der Waals surface area (Å²) in [7, 11) is 0. The highest BCUT2D eigenvalue weighted by atomic mass is 15.0. The highest BCUT2D eigenvalue weighted by Crippen LogP contribution is 2.24. The van der Waals surface area contributed by atoms with Gasteiger partial charge in [0.1, 0.15) is 5.82 Å². The maximum atomic E-state index is 6.03. The lowest BCUT2D eigenvalue weighted by Gasteiger charge is -2.22. The average Bonchev–Trinajstić information content (AvgIpc) is 2.16. The van der Waals surface area contributed by atoms with Crippen molar-refractivity contribution in [2.45, 2.75) is 52.0 Å². The molecule has 1 aromatic rings. The Morgan fingerprint density at radius 2 is 1.80 bits per heavy atom. The van der Waals surface area contributed by atoms with Crippen molar-refractivity contribution < 1.29 is 0 Å². The lowest BCUT2D eigenvalue weighted by Crippen LogP contribution is -2.32. The summed E-state index contributed by atoms with van der Waals surface area (Å²) < 4.78 is 0. The van der Waals surface area contributed by atoms with E-state index >= 15 is 0 Å². The summed E-state index contributed by atoms with van der Waals surface area (Å²) in [6.07, 6.45) is 4.73. The molecule has 1 aliphatic carbocycles. The second-order valence-corrected chi connectivity index (χ2v) is 4.99. The minimum atomic E-state index is -0.433. The third-order valence-electron chi connectivity index (χ3n) is 2.97. The largest absolute Gasteiger partial charge is 0.319 e. The Morgan fingerprint density at radius 1 is 1.13 bits per heavy atom. The molecule has 3 nitrogen and oxygen atoms in total. The van der Waals surface area contributed by atoms with Gasteiger partial charge in [0.05, 0.1) is 5.54 Å². The third kappa shape index (κ3) is 2.02. The van der Waals surface area contributed by atoms with Crippen molar-refractivity contribution in [3.63, 3.8) is 0 Å². The molecule has 1 aliphatic rings. The Labute approximate surface area is 91.1 Å². The molecule has 0 radical (unpaired) electrons. The molecular weight excluding hydrogens is 186 g/mol. The second kappa shape index (κ2) is 3.56. The zero-order valence-electron chi connectivity index (χ0n) is 9.80. The van der Waals surface area contributed by atoms with Gasteiger partial charge in [-0.25, -0.2) is 9.97 Å². The van der Waals surface area contributed by atoms with E-state index < -0.39 is 5.54 Å². The molecule has 2 N–H and O–H groups in total. The first-order valence-corrected chi connectivity index (χ1v) is 5.64. The van der Waals surface area contributed by atoms with E-state index in [1.807, 2.05) is 13.8 Å². The number of nitrogens with zero attached hydrogens (tertiary/aromatic N) is 2. The Hall–Kier alpha value is -0.960. The normalized spacial score (nSPS) is 16.3. The highest BCUT2D eigenvalue weighted by molar-refractivity contribution is 5.28. The molecule has 15 heavy (non-hydrogen) atoms. The second-order valence-electron chi connectivity index (χ2n) is 4.99. The molecule has 3 heteroatoms. The molecule has 0 aliphatic heterocycles. The van der Waals surface area contributed by atoms with Gasteiger partial charge in [-0.3, -0.25) is 0 Å². The van der Waals surface area contributed by atoms with Crippen LogP contribution < -0.4 is 5.73 Å². The number of hydrogen-bond acceptors (Lipinski definition) is 3. The Balaban J connectivity index is 2.50. The van der Waals surface area contributed by atoms with Crippen molar-refractivity contribution in [2.75, 3.05) is 0 Å². The van der Waals surface area contributed by atoms with Crippen LogP contribution in [0, 0.1) is 6.92 Å². The van der Waals surface area contributed by atoms with Crippen LogP contribution in [-0.4, -0.2) is 9.97 Å². The number of fused-ring (bicyclic) bond motifs is 1. The molecule has 1 heterocycles. The monoisotopic (exact) mass is 205 g/mol. The summed E-state index contributed by atoms with van der Waals surface area (Å²) in [6.45, 7) is 5.98. The van der Waals surface area contributed by atoms with E-state index in [9.17, 15) is 0 Å². The van der Waals surface area contributed by atoms with Crippen LogP contribution in [0.15, 0.2) is 0 Å². The van der Waals surface area contributed by atoms with Crippen molar-refractivity contribution in [1.82, 2.24) is 9.97 Å². The van der Waals surface area contributed by atoms with Crippen molar-refractivity contribution in [1.29, 1.82) is 0 Å². The van der Waals surface area contributed by atoms with Gasteiger partial charge in [-0.15, -0.1) is 0 Å². The van der Waals surface area contributed by atoms with Gasteiger partial charge in [0.15, 0.2) is 0 Å². The van der Waals surface area contributed by atoms with Gasteiger partial charge >= 0.3 is 0 Å². The zero-order valence-corrected chi connectivity index (χ0v) is 9.80. The van der Waals surface area contributed by atoms with Gasteiger partial charge in [0, 0.05) is 11.4 Å². The Bertz CT molecular complexity index is 377. The first-order chi connectivity index (χ1) is 6.98. The van der Waals surface area contributed by atoms with Gasteiger partial charge in [-0.1, -0.05) is 0 Å².